The Bertz CT molecular complexity index is 806. The van der Waals surface area contributed by atoms with Crippen LogP contribution in [0.25, 0.3) is 0 Å². The molecule has 3 amide bonds. The number of benzene rings is 1. The van der Waals surface area contributed by atoms with Crippen LogP contribution in [0.1, 0.15) is 48.5 Å². The maximum Gasteiger partial charge on any atom is 0.254 e. The van der Waals surface area contributed by atoms with Gasteiger partial charge in [-0.3, -0.25) is 14.4 Å². The molecule has 1 aromatic carbocycles. The van der Waals surface area contributed by atoms with Crippen LogP contribution >= 0.6 is 15.9 Å². The van der Waals surface area contributed by atoms with Crippen molar-refractivity contribution in [1.29, 1.82) is 0 Å². The highest BCUT2D eigenvalue weighted by Crippen LogP contribution is 2.52. The molecule has 27 heavy (non-hydrogen) atoms. The van der Waals surface area contributed by atoms with Crippen molar-refractivity contribution < 1.29 is 14.4 Å². The summed E-state index contributed by atoms with van der Waals surface area (Å²) >= 11 is 3.50. The standard InChI is InChI=1S/C20H24BrN3O3/c1-2-23-10-14(4-6-18(23)26)22-17(25)11-24-12-20(7-8-20)16-9-13(21)3-5-15(16)19(24)27/h3,5,9,14H,2,4,6-8,10-12H2,1H3,(H,22,25). The van der Waals surface area contributed by atoms with Gasteiger partial charge in [-0.1, -0.05) is 15.9 Å². The van der Waals surface area contributed by atoms with Crippen LogP contribution in [-0.2, 0) is 15.0 Å². The number of nitrogens with one attached hydrogen (secondary N) is 1. The minimum atomic E-state index is -0.143. The van der Waals surface area contributed by atoms with E-state index in [2.05, 4.69) is 27.3 Å². The lowest BCUT2D eigenvalue weighted by atomic mass is 9.86. The number of hydrogen-bond donors (Lipinski definition) is 1. The lowest BCUT2D eigenvalue weighted by molar-refractivity contribution is -0.135. The van der Waals surface area contributed by atoms with Crippen LogP contribution in [0.15, 0.2) is 22.7 Å². The number of amides is 3. The molecule has 1 unspecified atom stereocenters. The maximum absolute atomic E-state index is 12.9. The average Bonchev–Trinajstić information content (AvgIpc) is 3.41. The summed E-state index contributed by atoms with van der Waals surface area (Å²) in [6.07, 6.45) is 3.23. The third-order valence-corrected chi connectivity index (χ3v) is 6.49. The van der Waals surface area contributed by atoms with Crippen LogP contribution in [0, 0.1) is 0 Å². The number of fused-ring (bicyclic) bond motifs is 2. The minimum absolute atomic E-state index is 0.0174. The van der Waals surface area contributed by atoms with Crippen LogP contribution in [0.3, 0.4) is 0 Å². The summed E-state index contributed by atoms with van der Waals surface area (Å²) in [4.78, 5) is 40.7. The SMILES string of the molecule is CCN1CC(NC(=O)CN2CC3(CC3)c3cc(Br)ccc3C2=O)CCC1=O. The van der Waals surface area contributed by atoms with Crippen LogP contribution in [0.5, 0.6) is 0 Å². The van der Waals surface area contributed by atoms with Crippen molar-refractivity contribution in [1.82, 2.24) is 15.1 Å². The molecular weight excluding hydrogens is 410 g/mol. The molecule has 1 atom stereocenters. The third kappa shape index (κ3) is 3.49. The molecule has 1 spiro atoms. The lowest BCUT2D eigenvalue weighted by Crippen LogP contribution is -2.53. The van der Waals surface area contributed by atoms with Crippen LogP contribution in [-0.4, -0.2) is 59.7 Å². The summed E-state index contributed by atoms with van der Waals surface area (Å²) in [7, 11) is 0. The first-order valence-electron chi connectivity index (χ1n) is 9.58. The molecule has 0 bridgehead atoms. The van der Waals surface area contributed by atoms with E-state index in [1.165, 1.54) is 0 Å². The van der Waals surface area contributed by atoms with Gasteiger partial charge < -0.3 is 15.1 Å². The van der Waals surface area contributed by atoms with Gasteiger partial charge in [0.15, 0.2) is 0 Å². The van der Waals surface area contributed by atoms with E-state index in [0.717, 1.165) is 28.4 Å². The van der Waals surface area contributed by atoms with Gasteiger partial charge in [-0.05, 0) is 49.9 Å². The highest BCUT2D eigenvalue weighted by Gasteiger charge is 2.51. The molecule has 0 radical (unpaired) electrons. The average molecular weight is 434 g/mol. The van der Waals surface area contributed by atoms with E-state index in [-0.39, 0.29) is 35.7 Å². The van der Waals surface area contributed by atoms with Crippen LogP contribution < -0.4 is 5.32 Å². The van der Waals surface area contributed by atoms with Gasteiger partial charge in [0.05, 0.1) is 6.54 Å². The summed E-state index contributed by atoms with van der Waals surface area (Å²) in [6.45, 7) is 3.83. The molecule has 144 valence electrons. The van der Waals surface area contributed by atoms with Crippen molar-refractivity contribution in [2.45, 2.75) is 44.1 Å². The summed E-state index contributed by atoms with van der Waals surface area (Å²) < 4.78 is 0.985. The lowest BCUT2D eigenvalue weighted by Gasteiger charge is -2.36. The molecular formula is C20H24BrN3O3. The zero-order chi connectivity index (χ0) is 19.2. The molecule has 1 aliphatic carbocycles. The van der Waals surface area contributed by atoms with Crippen molar-refractivity contribution in [2.75, 3.05) is 26.2 Å². The first kappa shape index (κ1) is 18.5. The van der Waals surface area contributed by atoms with E-state index >= 15 is 0 Å². The molecule has 1 aromatic rings. The van der Waals surface area contributed by atoms with Crippen molar-refractivity contribution in [2.24, 2.45) is 0 Å². The highest BCUT2D eigenvalue weighted by molar-refractivity contribution is 9.10. The van der Waals surface area contributed by atoms with Crippen molar-refractivity contribution in [3.05, 3.63) is 33.8 Å². The number of nitrogens with zero attached hydrogens (tertiary/aromatic N) is 2. The minimum Gasteiger partial charge on any atom is -0.350 e. The quantitative estimate of drug-likeness (QED) is 0.789. The van der Waals surface area contributed by atoms with E-state index < -0.39 is 0 Å². The monoisotopic (exact) mass is 433 g/mol. The molecule has 1 saturated heterocycles. The first-order chi connectivity index (χ1) is 12.9. The summed E-state index contributed by atoms with van der Waals surface area (Å²) in [5.74, 6) is -0.0676. The number of hydrogen-bond acceptors (Lipinski definition) is 3. The maximum atomic E-state index is 12.9. The Morgan fingerprint density at radius 2 is 2.07 bits per heavy atom. The molecule has 1 saturated carbocycles. The zero-order valence-electron chi connectivity index (χ0n) is 15.5. The van der Waals surface area contributed by atoms with E-state index in [0.29, 0.717) is 32.5 Å². The topological polar surface area (TPSA) is 69.7 Å². The van der Waals surface area contributed by atoms with Gasteiger partial charge in [-0.15, -0.1) is 0 Å². The van der Waals surface area contributed by atoms with Crippen LogP contribution in [0.4, 0.5) is 0 Å². The van der Waals surface area contributed by atoms with Gasteiger partial charge in [0, 0.05) is 47.5 Å². The fraction of sp³-hybridized carbons (Fsp3) is 0.550. The Kier molecular flexibility index (Phi) is 4.74. The predicted molar refractivity (Wildman–Crippen MR) is 104 cm³/mol. The van der Waals surface area contributed by atoms with E-state index in [4.69, 9.17) is 0 Å². The smallest absolute Gasteiger partial charge is 0.254 e. The highest BCUT2D eigenvalue weighted by atomic mass is 79.9. The van der Waals surface area contributed by atoms with Crippen molar-refractivity contribution in [3.8, 4) is 0 Å². The number of likely N-dealkylation sites (tertiary alicyclic amines) is 1. The molecule has 4 rings (SSSR count). The predicted octanol–water partition coefficient (Wildman–Crippen LogP) is 2.06. The van der Waals surface area contributed by atoms with E-state index in [1.807, 2.05) is 19.1 Å². The fourth-order valence-corrected chi connectivity index (χ4v) is 4.69. The second kappa shape index (κ2) is 6.93. The molecule has 0 aromatic heterocycles. The zero-order valence-corrected chi connectivity index (χ0v) is 17.0. The van der Waals surface area contributed by atoms with Crippen molar-refractivity contribution >= 4 is 33.7 Å². The van der Waals surface area contributed by atoms with E-state index in [9.17, 15) is 14.4 Å². The number of halogens is 1. The third-order valence-electron chi connectivity index (χ3n) is 6.00. The van der Waals surface area contributed by atoms with Crippen molar-refractivity contribution in [3.63, 3.8) is 0 Å². The van der Waals surface area contributed by atoms with Crippen LogP contribution in [0.2, 0.25) is 0 Å². The molecule has 1 N–H and O–H groups in total. The van der Waals surface area contributed by atoms with Gasteiger partial charge in [-0.25, -0.2) is 0 Å². The molecule has 2 heterocycles. The summed E-state index contributed by atoms with van der Waals surface area (Å²) in [5, 5.41) is 3.02. The second-order valence-electron chi connectivity index (χ2n) is 7.87. The molecule has 7 heteroatoms. The Morgan fingerprint density at radius 1 is 1.30 bits per heavy atom. The Labute approximate surface area is 167 Å². The molecule has 3 aliphatic rings. The number of carbonyl (C=O) groups excluding carboxylic acids is 3. The number of carbonyl (C=O) groups is 3. The summed E-state index contributed by atoms with van der Waals surface area (Å²) in [6, 6.07) is 5.76. The van der Waals surface area contributed by atoms with Gasteiger partial charge in [0.1, 0.15) is 0 Å². The normalized spacial score (nSPS) is 23.4. The van der Waals surface area contributed by atoms with E-state index in [1.54, 1.807) is 9.80 Å². The Morgan fingerprint density at radius 3 is 2.78 bits per heavy atom. The molecule has 6 nitrogen and oxygen atoms in total. The van der Waals surface area contributed by atoms with Gasteiger partial charge in [-0.2, -0.15) is 0 Å². The van der Waals surface area contributed by atoms with Gasteiger partial charge in [0.25, 0.3) is 5.91 Å². The largest absolute Gasteiger partial charge is 0.350 e. The number of piperidine rings is 1. The Balaban J connectivity index is 1.43. The number of rotatable bonds is 4. The summed E-state index contributed by atoms with van der Waals surface area (Å²) in [5.41, 5.74) is 1.85. The number of likely N-dealkylation sites (N-methyl/N-ethyl adjacent to an activating group) is 1. The molecule has 2 aliphatic heterocycles. The fourth-order valence-electron chi connectivity index (χ4n) is 4.33. The van der Waals surface area contributed by atoms with Gasteiger partial charge in [0.2, 0.25) is 11.8 Å². The Hall–Kier alpha value is -1.89. The first-order valence-corrected chi connectivity index (χ1v) is 10.4. The molecule has 2 fully saturated rings. The van der Waals surface area contributed by atoms with Gasteiger partial charge >= 0.3 is 0 Å². The second-order valence-corrected chi connectivity index (χ2v) is 8.78.